The van der Waals surface area contributed by atoms with Gasteiger partial charge in [-0.2, -0.15) is 4.31 Å². The summed E-state index contributed by atoms with van der Waals surface area (Å²) in [6.45, 7) is 9.44. The van der Waals surface area contributed by atoms with Gasteiger partial charge < -0.3 is 0 Å². The Bertz CT molecular complexity index is 915. The van der Waals surface area contributed by atoms with Crippen LogP contribution >= 0.6 is 0 Å². The summed E-state index contributed by atoms with van der Waals surface area (Å²) in [6.07, 6.45) is 3.24. The largest absolute Gasteiger partial charge is 0.243 e. The average Bonchev–Trinajstić information content (AvgIpc) is 2.61. The van der Waals surface area contributed by atoms with Crippen molar-refractivity contribution in [2.24, 2.45) is 11.3 Å². The Morgan fingerprint density at radius 2 is 1.67 bits per heavy atom. The van der Waals surface area contributed by atoms with Crippen molar-refractivity contribution in [3.05, 3.63) is 71.8 Å². The Kier molecular flexibility index (Phi) is 5.59. The summed E-state index contributed by atoms with van der Waals surface area (Å²) in [5.74, 6) is 0.491. The predicted octanol–water partition coefficient (Wildman–Crippen LogP) is 5.14. The zero-order valence-corrected chi connectivity index (χ0v) is 17.5. The van der Waals surface area contributed by atoms with Crippen molar-refractivity contribution in [2.45, 2.75) is 39.0 Å². The lowest BCUT2D eigenvalue weighted by molar-refractivity contribution is 0.250. The first-order chi connectivity index (χ1) is 12.7. The molecule has 0 aliphatic carbocycles. The average molecular weight is 384 g/mol. The first kappa shape index (κ1) is 19.8. The van der Waals surface area contributed by atoms with Gasteiger partial charge in [0, 0.05) is 18.5 Å². The quantitative estimate of drug-likeness (QED) is 0.717. The monoisotopic (exact) mass is 383 g/mol. The highest BCUT2D eigenvalue weighted by molar-refractivity contribution is 7.89. The molecule has 2 aromatic carbocycles. The standard InChI is InChI=1S/C23H29NO2S/c1-18(2)14-23(4)15-21(20-8-6-5-7-9-20)16-24(17-23)27(25,26)22-12-10-19(3)11-13-22/h5-13,15,18H,14,16-17H2,1-4H3/t23-/m1/s1. The van der Waals surface area contributed by atoms with Crippen LogP contribution in [0.2, 0.25) is 0 Å². The van der Waals surface area contributed by atoms with Crippen LogP contribution in [-0.2, 0) is 10.0 Å². The number of benzene rings is 2. The molecule has 0 unspecified atom stereocenters. The number of sulfonamides is 1. The third-order valence-electron chi connectivity index (χ3n) is 5.08. The predicted molar refractivity (Wildman–Crippen MR) is 112 cm³/mol. The van der Waals surface area contributed by atoms with Gasteiger partial charge in [0.2, 0.25) is 10.0 Å². The summed E-state index contributed by atoms with van der Waals surface area (Å²) in [5, 5.41) is 0. The highest BCUT2D eigenvalue weighted by Gasteiger charge is 2.37. The van der Waals surface area contributed by atoms with Gasteiger partial charge in [0.1, 0.15) is 0 Å². The van der Waals surface area contributed by atoms with Crippen molar-refractivity contribution in [1.82, 2.24) is 4.31 Å². The smallest absolute Gasteiger partial charge is 0.207 e. The number of hydrogen-bond acceptors (Lipinski definition) is 2. The molecular formula is C23H29NO2S. The minimum Gasteiger partial charge on any atom is -0.207 e. The molecule has 0 amide bonds. The van der Waals surface area contributed by atoms with E-state index in [0.29, 0.717) is 23.9 Å². The summed E-state index contributed by atoms with van der Waals surface area (Å²) in [5.41, 5.74) is 3.05. The summed E-state index contributed by atoms with van der Waals surface area (Å²) in [6, 6.07) is 17.3. The lowest BCUT2D eigenvalue weighted by Gasteiger charge is -2.39. The van der Waals surface area contributed by atoms with Crippen LogP contribution in [0, 0.1) is 18.3 Å². The van der Waals surface area contributed by atoms with Crippen LogP contribution in [0.1, 0.15) is 38.3 Å². The van der Waals surface area contributed by atoms with E-state index in [-0.39, 0.29) is 5.41 Å². The molecule has 0 bridgehead atoms. The molecule has 1 atom stereocenters. The van der Waals surface area contributed by atoms with E-state index in [2.05, 4.69) is 39.0 Å². The zero-order chi connectivity index (χ0) is 19.7. The van der Waals surface area contributed by atoms with E-state index in [9.17, 15) is 8.42 Å². The zero-order valence-electron chi connectivity index (χ0n) is 16.6. The fourth-order valence-electron chi connectivity index (χ4n) is 4.07. The Hall–Kier alpha value is -1.91. The Balaban J connectivity index is 2.02. The molecule has 0 saturated carbocycles. The van der Waals surface area contributed by atoms with Crippen molar-refractivity contribution < 1.29 is 8.42 Å². The fourth-order valence-corrected chi connectivity index (χ4v) is 5.62. The minimum atomic E-state index is -3.53. The molecule has 3 rings (SSSR count). The van der Waals surface area contributed by atoms with Crippen LogP contribution in [0.25, 0.3) is 5.57 Å². The number of nitrogens with zero attached hydrogens (tertiary/aromatic N) is 1. The molecule has 0 saturated heterocycles. The number of aryl methyl sites for hydroxylation is 1. The number of hydrogen-bond donors (Lipinski definition) is 0. The van der Waals surface area contributed by atoms with Crippen molar-refractivity contribution in [2.75, 3.05) is 13.1 Å². The minimum absolute atomic E-state index is 0.185. The topological polar surface area (TPSA) is 37.4 Å². The van der Waals surface area contributed by atoms with E-state index in [1.54, 1.807) is 16.4 Å². The molecule has 1 aliphatic heterocycles. The molecule has 1 heterocycles. The van der Waals surface area contributed by atoms with Crippen molar-refractivity contribution in [3.63, 3.8) is 0 Å². The first-order valence-corrected chi connectivity index (χ1v) is 11.0. The summed E-state index contributed by atoms with van der Waals surface area (Å²) in [7, 11) is -3.53. The molecule has 4 heteroatoms. The van der Waals surface area contributed by atoms with Crippen LogP contribution in [0.3, 0.4) is 0 Å². The van der Waals surface area contributed by atoms with E-state index < -0.39 is 10.0 Å². The van der Waals surface area contributed by atoms with E-state index in [4.69, 9.17) is 0 Å². The van der Waals surface area contributed by atoms with Crippen LogP contribution in [0.5, 0.6) is 0 Å². The van der Waals surface area contributed by atoms with Gasteiger partial charge in [-0.15, -0.1) is 0 Å². The Morgan fingerprint density at radius 3 is 2.26 bits per heavy atom. The fraction of sp³-hybridized carbons (Fsp3) is 0.391. The van der Waals surface area contributed by atoms with Crippen LogP contribution in [0.4, 0.5) is 0 Å². The second-order valence-corrected chi connectivity index (χ2v) is 10.3. The number of rotatable bonds is 5. The van der Waals surface area contributed by atoms with Crippen molar-refractivity contribution in [3.8, 4) is 0 Å². The lowest BCUT2D eigenvalue weighted by Crippen LogP contribution is -2.44. The maximum Gasteiger partial charge on any atom is 0.243 e. The van der Waals surface area contributed by atoms with Gasteiger partial charge in [0.25, 0.3) is 0 Å². The summed E-state index contributed by atoms with van der Waals surface area (Å²) < 4.78 is 28.4. The van der Waals surface area contributed by atoms with Gasteiger partial charge in [-0.25, -0.2) is 8.42 Å². The molecule has 3 nitrogen and oxygen atoms in total. The first-order valence-electron chi connectivity index (χ1n) is 9.54. The van der Waals surface area contributed by atoms with Gasteiger partial charge >= 0.3 is 0 Å². The van der Waals surface area contributed by atoms with Crippen molar-refractivity contribution in [1.29, 1.82) is 0 Å². The van der Waals surface area contributed by atoms with Gasteiger partial charge in [-0.1, -0.05) is 74.9 Å². The highest BCUT2D eigenvalue weighted by atomic mass is 32.2. The molecule has 27 heavy (non-hydrogen) atoms. The molecular weight excluding hydrogens is 354 g/mol. The molecule has 144 valence electrons. The third-order valence-corrected chi connectivity index (χ3v) is 6.89. The van der Waals surface area contributed by atoms with Crippen LogP contribution < -0.4 is 0 Å². The van der Waals surface area contributed by atoms with E-state index in [0.717, 1.165) is 23.1 Å². The molecule has 1 aliphatic rings. The van der Waals surface area contributed by atoms with E-state index in [1.165, 1.54) is 0 Å². The second kappa shape index (κ2) is 7.61. The highest BCUT2D eigenvalue weighted by Crippen LogP contribution is 2.38. The normalized spacial score (nSPS) is 21.3. The van der Waals surface area contributed by atoms with Gasteiger partial charge in [0.15, 0.2) is 0 Å². The maximum absolute atomic E-state index is 13.3. The van der Waals surface area contributed by atoms with E-state index in [1.807, 2.05) is 37.3 Å². The van der Waals surface area contributed by atoms with Crippen LogP contribution in [-0.4, -0.2) is 25.8 Å². The Morgan fingerprint density at radius 1 is 1.04 bits per heavy atom. The lowest BCUT2D eigenvalue weighted by atomic mass is 9.77. The molecule has 0 fully saturated rings. The molecule has 2 aromatic rings. The van der Waals surface area contributed by atoms with Crippen molar-refractivity contribution >= 4 is 15.6 Å². The molecule has 0 N–H and O–H groups in total. The SMILES string of the molecule is Cc1ccc(S(=O)(=O)N2CC(c3ccccc3)=C[C@@](C)(CC(C)C)C2)cc1. The molecule has 0 aromatic heterocycles. The summed E-state index contributed by atoms with van der Waals surface area (Å²) in [4.78, 5) is 0.370. The van der Waals surface area contributed by atoms with Gasteiger partial charge in [-0.05, 0) is 42.5 Å². The molecule has 0 radical (unpaired) electrons. The third kappa shape index (κ3) is 4.50. The van der Waals surface area contributed by atoms with Crippen LogP contribution in [0.15, 0.2) is 65.6 Å². The van der Waals surface area contributed by atoms with Gasteiger partial charge in [-0.3, -0.25) is 0 Å². The summed E-state index contributed by atoms with van der Waals surface area (Å²) >= 11 is 0. The van der Waals surface area contributed by atoms with E-state index >= 15 is 0 Å². The Labute approximate surface area is 163 Å². The second-order valence-electron chi connectivity index (χ2n) is 8.37. The van der Waals surface area contributed by atoms with Gasteiger partial charge in [0.05, 0.1) is 4.90 Å². The molecule has 0 spiro atoms. The maximum atomic E-state index is 13.3.